The van der Waals surface area contributed by atoms with Crippen LogP contribution in [0, 0.1) is 11.8 Å². The average Bonchev–Trinajstić information content (AvgIpc) is 3.57. The molecule has 1 unspecified atom stereocenters. The standard InChI is InChI=1S/C29H36ClNO3/c1-18(28(32)33)27(20-6-7-20)21-8-5-19-9-12-25(34-26(19)16-21)24-11-10-23(30)15-22(24)17-31-14-4-13-29(31,2)3/h5,8,10-11,15-16,18,20,25,27H,4,6-7,9,12-14,17H2,1-3H3,(H,32,33)/t18-,25?,27-/m0/s1. The topological polar surface area (TPSA) is 49.8 Å². The van der Waals surface area contributed by atoms with Gasteiger partial charge in [-0.25, -0.2) is 0 Å². The summed E-state index contributed by atoms with van der Waals surface area (Å²) in [7, 11) is 0. The number of hydrogen-bond donors (Lipinski definition) is 1. The lowest BCUT2D eigenvalue weighted by Crippen LogP contribution is -2.37. The zero-order chi connectivity index (χ0) is 24.0. The fourth-order valence-electron chi connectivity index (χ4n) is 6.08. The molecule has 2 heterocycles. The van der Waals surface area contributed by atoms with Gasteiger partial charge in [0, 0.05) is 17.1 Å². The van der Waals surface area contributed by atoms with Crippen molar-refractivity contribution in [2.75, 3.05) is 6.54 Å². The number of halogens is 1. The molecular formula is C29H36ClNO3. The molecular weight excluding hydrogens is 446 g/mol. The van der Waals surface area contributed by atoms with Crippen molar-refractivity contribution in [3.05, 3.63) is 63.7 Å². The maximum absolute atomic E-state index is 11.8. The number of carbonyl (C=O) groups is 1. The maximum atomic E-state index is 11.8. The van der Waals surface area contributed by atoms with Gasteiger partial charge in [0.1, 0.15) is 11.9 Å². The lowest BCUT2D eigenvalue weighted by Gasteiger charge is -2.34. The van der Waals surface area contributed by atoms with Crippen LogP contribution < -0.4 is 4.74 Å². The Hall–Kier alpha value is -2.04. The van der Waals surface area contributed by atoms with Gasteiger partial charge < -0.3 is 9.84 Å². The number of nitrogens with zero attached hydrogens (tertiary/aromatic N) is 1. The molecule has 4 nitrogen and oxygen atoms in total. The van der Waals surface area contributed by atoms with Crippen LogP contribution in [0.25, 0.3) is 0 Å². The number of hydrogen-bond acceptors (Lipinski definition) is 3. The van der Waals surface area contributed by atoms with E-state index in [1.54, 1.807) is 0 Å². The highest BCUT2D eigenvalue weighted by molar-refractivity contribution is 6.30. The second-order valence-electron chi connectivity index (χ2n) is 11.2. The van der Waals surface area contributed by atoms with E-state index in [1.807, 2.05) is 13.0 Å². The van der Waals surface area contributed by atoms with Gasteiger partial charge in [-0.15, -0.1) is 0 Å². The molecule has 0 amide bonds. The normalized spacial score (nSPS) is 23.7. The number of fused-ring (bicyclic) bond motifs is 1. The number of aryl methyl sites for hydroxylation is 1. The number of ether oxygens (including phenoxy) is 1. The quantitative estimate of drug-likeness (QED) is 0.462. The van der Waals surface area contributed by atoms with Crippen molar-refractivity contribution in [1.82, 2.24) is 4.90 Å². The number of benzene rings is 2. The average molecular weight is 482 g/mol. The third-order valence-corrected chi connectivity index (χ3v) is 8.60. The van der Waals surface area contributed by atoms with E-state index in [9.17, 15) is 9.90 Å². The van der Waals surface area contributed by atoms with Crippen molar-refractivity contribution in [2.24, 2.45) is 11.8 Å². The molecule has 0 bridgehead atoms. The Morgan fingerprint density at radius 1 is 1.21 bits per heavy atom. The van der Waals surface area contributed by atoms with Crippen LogP contribution >= 0.6 is 11.6 Å². The number of carboxylic acid groups (broad SMARTS) is 1. The molecule has 34 heavy (non-hydrogen) atoms. The van der Waals surface area contributed by atoms with E-state index in [1.165, 1.54) is 29.5 Å². The van der Waals surface area contributed by atoms with Crippen LogP contribution in [-0.4, -0.2) is 28.1 Å². The van der Waals surface area contributed by atoms with E-state index < -0.39 is 11.9 Å². The third kappa shape index (κ3) is 4.72. The minimum absolute atomic E-state index is 0.0167. The summed E-state index contributed by atoms with van der Waals surface area (Å²) in [5.41, 5.74) is 5.00. The molecule has 182 valence electrons. The third-order valence-electron chi connectivity index (χ3n) is 8.37. The van der Waals surface area contributed by atoms with Gasteiger partial charge in [0.25, 0.3) is 0 Å². The van der Waals surface area contributed by atoms with Gasteiger partial charge in [-0.1, -0.05) is 36.7 Å². The van der Waals surface area contributed by atoms with Gasteiger partial charge in [-0.3, -0.25) is 9.69 Å². The first kappa shape index (κ1) is 23.7. The van der Waals surface area contributed by atoms with E-state index in [4.69, 9.17) is 16.3 Å². The minimum Gasteiger partial charge on any atom is -0.485 e. The Kier molecular flexibility index (Phi) is 6.41. The van der Waals surface area contributed by atoms with Gasteiger partial charge in [-0.05, 0) is 111 Å². The molecule has 2 fully saturated rings. The molecule has 0 aromatic heterocycles. The molecule has 1 saturated heterocycles. The number of aliphatic carboxylic acids is 1. The first-order chi connectivity index (χ1) is 16.2. The molecule has 5 heteroatoms. The van der Waals surface area contributed by atoms with Gasteiger partial charge in [0.05, 0.1) is 5.92 Å². The van der Waals surface area contributed by atoms with Crippen LogP contribution in [0.2, 0.25) is 5.02 Å². The van der Waals surface area contributed by atoms with Crippen LogP contribution in [0.4, 0.5) is 0 Å². The van der Waals surface area contributed by atoms with Gasteiger partial charge in [-0.2, -0.15) is 0 Å². The lowest BCUT2D eigenvalue weighted by atomic mass is 9.82. The van der Waals surface area contributed by atoms with Crippen molar-refractivity contribution in [3.63, 3.8) is 0 Å². The molecule has 1 N–H and O–H groups in total. The molecule has 2 aliphatic heterocycles. The summed E-state index contributed by atoms with van der Waals surface area (Å²) >= 11 is 6.43. The smallest absolute Gasteiger partial charge is 0.306 e. The van der Waals surface area contributed by atoms with Crippen LogP contribution in [0.5, 0.6) is 5.75 Å². The summed E-state index contributed by atoms with van der Waals surface area (Å²) in [6.07, 6.45) is 6.55. The second kappa shape index (κ2) is 9.20. The molecule has 0 spiro atoms. The van der Waals surface area contributed by atoms with E-state index in [-0.39, 0.29) is 17.6 Å². The van der Waals surface area contributed by atoms with Crippen LogP contribution in [0.3, 0.4) is 0 Å². The molecule has 1 aliphatic carbocycles. The molecule has 1 saturated carbocycles. The Labute approximate surface area is 208 Å². The Morgan fingerprint density at radius 2 is 2.00 bits per heavy atom. The van der Waals surface area contributed by atoms with Crippen LogP contribution in [-0.2, 0) is 17.8 Å². The van der Waals surface area contributed by atoms with Gasteiger partial charge in [0.15, 0.2) is 0 Å². The van der Waals surface area contributed by atoms with E-state index >= 15 is 0 Å². The molecule has 3 atom stereocenters. The predicted molar refractivity (Wildman–Crippen MR) is 136 cm³/mol. The zero-order valence-electron chi connectivity index (χ0n) is 20.5. The van der Waals surface area contributed by atoms with Crippen LogP contribution in [0.1, 0.15) is 87.2 Å². The molecule has 0 radical (unpaired) electrons. The largest absolute Gasteiger partial charge is 0.485 e. The van der Waals surface area contributed by atoms with Crippen molar-refractivity contribution >= 4 is 17.6 Å². The monoisotopic (exact) mass is 481 g/mol. The van der Waals surface area contributed by atoms with Crippen molar-refractivity contribution in [3.8, 4) is 5.75 Å². The van der Waals surface area contributed by atoms with Crippen molar-refractivity contribution in [2.45, 2.75) is 83.4 Å². The molecule has 3 aliphatic rings. The molecule has 2 aromatic rings. The van der Waals surface area contributed by atoms with Gasteiger partial charge in [0.2, 0.25) is 0 Å². The van der Waals surface area contributed by atoms with Crippen molar-refractivity contribution < 1.29 is 14.6 Å². The minimum atomic E-state index is -0.718. The SMILES string of the molecule is C[C@H](C(=O)O)[C@H](c1ccc2c(c1)OC(c1ccc(Cl)cc1CN1CCCC1(C)C)CC2)C1CC1. The fourth-order valence-corrected chi connectivity index (χ4v) is 6.27. The highest BCUT2D eigenvalue weighted by atomic mass is 35.5. The van der Waals surface area contributed by atoms with E-state index in [0.29, 0.717) is 5.92 Å². The highest BCUT2D eigenvalue weighted by Gasteiger charge is 2.39. The van der Waals surface area contributed by atoms with Gasteiger partial charge >= 0.3 is 5.97 Å². The Morgan fingerprint density at radius 3 is 2.68 bits per heavy atom. The summed E-state index contributed by atoms with van der Waals surface area (Å²) in [4.78, 5) is 14.3. The summed E-state index contributed by atoms with van der Waals surface area (Å²) < 4.78 is 6.64. The highest BCUT2D eigenvalue weighted by Crippen LogP contribution is 2.48. The summed E-state index contributed by atoms with van der Waals surface area (Å²) in [6.45, 7) is 8.49. The second-order valence-corrected chi connectivity index (χ2v) is 11.6. The zero-order valence-corrected chi connectivity index (χ0v) is 21.3. The molecule has 5 rings (SSSR count). The summed E-state index contributed by atoms with van der Waals surface area (Å²) in [5.74, 6) is 0.325. The number of carboxylic acids is 1. The fraction of sp³-hybridized carbons (Fsp3) is 0.552. The summed E-state index contributed by atoms with van der Waals surface area (Å²) in [5, 5.41) is 10.4. The predicted octanol–water partition coefficient (Wildman–Crippen LogP) is 7.00. The number of likely N-dealkylation sites (tertiary alicyclic amines) is 1. The lowest BCUT2D eigenvalue weighted by molar-refractivity contribution is -0.142. The van der Waals surface area contributed by atoms with Crippen molar-refractivity contribution in [1.29, 1.82) is 0 Å². The first-order valence-corrected chi connectivity index (χ1v) is 13.2. The maximum Gasteiger partial charge on any atom is 0.306 e. The summed E-state index contributed by atoms with van der Waals surface area (Å²) in [6, 6.07) is 12.6. The Bertz CT molecular complexity index is 1080. The van der Waals surface area contributed by atoms with E-state index in [0.717, 1.165) is 55.1 Å². The first-order valence-electron chi connectivity index (χ1n) is 12.8. The van der Waals surface area contributed by atoms with E-state index in [2.05, 4.69) is 49.1 Å². The Balaban J connectivity index is 1.42. The number of rotatable bonds is 7. The molecule has 2 aromatic carbocycles. The van der Waals surface area contributed by atoms with Crippen LogP contribution in [0.15, 0.2) is 36.4 Å².